The monoisotopic (exact) mass is 708 g/mol. The molecule has 1 saturated carbocycles. The topological polar surface area (TPSA) is 80.3 Å². The van der Waals surface area contributed by atoms with Gasteiger partial charge in [-0.1, -0.05) is 46.3 Å². The average molecular weight is 710 g/mol. The molecule has 1 fully saturated rings. The first-order valence-corrected chi connectivity index (χ1v) is 16.2. The number of carbonyl (C=O) groups excluding carboxylic acids is 2. The van der Waals surface area contributed by atoms with Crippen molar-refractivity contribution in [1.82, 2.24) is 0 Å². The molecule has 4 aromatic rings. The van der Waals surface area contributed by atoms with Crippen LogP contribution < -0.4 is 14.2 Å². The van der Waals surface area contributed by atoms with Crippen molar-refractivity contribution in [3.63, 3.8) is 0 Å². The Labute approximate surface area is 280 Å². The molecule has 0 spiro atoms. The summed E-state index contributed by atoms with van der Waals surface area (Å²) in [5.41, 5.74) is 2.15. The largest absolute Gasteiger partial charge is 0.491 e. The Kier molecular flexibility index (Phi) is 12.1. The van der Waals surface area contributed by atoms with Gasteiger partial charge in [0.1, 0.15) is 35.5 Å². The summed E-state index contributed by atoms with van der Waals surface area (Å²) < 4.78 is 56.8. The molecule has 0 amide bonds. The Morgan fingerprint density at radius 1 is 0.638 bits per heavy atom. The van der Waals surface area contributed by atoms with Crippen LogP contribution in [0.1, 0.15) is 25.7 Å². The van der Waals surface area contributed by atoms with Crippen LogP contribution in [0, 0.1) is 23.5 Å². The molecule has 0 saturated heterocycles. The summed E-state index contributed by atoms with van der Waals surface area (Å²) in [6, 6.07) is 22.9. The molecule has 0 aliphatic heterocycles. The van der Waals surface area contributed by atoms with Crippen molar-refractivity contribution in [2.75, 3.05) is 33.5 Å². The first-order chi connectivity index (χ1) is 22.8. The van der Waals surface area contributed by atoms with E-state index in [4.69, 9.17) is 23.7 Å². The van der Waals surface area contributed by atoms with Gasteiger partial charge < -0.3 is 23.7 Å². The van der Waals surface area contributed by atoms with Gasteiger partial charge in [0.2, 0.25) is 0 Å². The van der Waals surface area contributed by atoms with Gasteiger partial charge in [0.25, 0.3) is 0 Å². The van der Waals surface area contributed by atoms with Crippen molar-refractivity contribution < 1.29 is 42.1 Å². The molecule has 0 heterocycles. The highest BCUT2D eigenvalue weighted by Crippen LogP contribution is 2.33. The second-order valence-corrected chi connectivity index (χ2v) is 12.1. The number of methoxy groups -OCH3 is 1. The quantitative estimate of drug-likeness (QED) is 0.0784. The van der Waals surface area contributed by atoms with Gasteiger partial charge in [0, 0.05) is 28.8 Å². The summed E-state index contributed by atoms with van der Waals surface area (Å²) in [6.45, 7) is 1.63. The van der Waals surface area contributed by atoms with E-state index in [9.17, 15) is 18.4 Å². The van der Waals surface area contributed by atoms with Crippen molar-refractivity contribution in [3.8, 4) is 39.5 Å². The molecule has 0 N–H and O–H groups in total. The molecule has 0 radical (unpaired) electrons. The van der Waals surface area contributed by atoms with Crippen LogP contribution >= 0.6 is 15.9 Å². The lowest BCUT2D eigenvalue weighted by molar-refractivity contribution is -0.145. The Bertz CT molecular complexity index is 1650. The first-order valence-electron chi connectivity index (χ1n) is 15.4. The van der Waals surface area contributed by atoms with E-state index in [0.29, 0.717) is 96.1 Å². The molecule has 246 valence electrons. The first kappa shape index (κ1) is 34.2. The van der Waals surface area contributed by atoms with Crippen LogP contribution in [-0.2, 0) is 19.1 Å². The molecule has 47 heavy (non-hydrogen) atoms. The number of rotatable bonds is 13. The minimum atomic E-state index is -0.434. The van der Waals surface area contributed by atoms with Gasteiger partial charge in [0.15, 0.2) is 0 Å². The molecule has 4 aromatic carbocycles. The Morgan fingerprint density at radius 3 is 1.60 bits per heavy atom. The smallest absolute Gasteiger partial charge is 0.314 e. The molecule has 0 atom stereocenters. The molecular formula is C37H35BrF2O7. The maximum absolute atomic E-state index is 14.8. The number of hydrogen-bond donors (Lipinski definition) is 0. The molecule has 10 heteroatoms. The van der Waals surface area contributed by atoms with E-state index in [1.807, 2.05) is 0 Å². The Balaban J connectivity index is 1.06. The van der Waals surface area contributed by atoms with Gasteiger partial charge in [-0.3, -0.25) is 9.59 Å². The van der Waals surface area contributed by atoms with Crippen LogP contribution in [0.25, 0.3) is 22.3 Å². The lowest BCUT2D eigenvalue weighted by Gasteiger charge is -2.25. The maximum Gasteiger partial charge on any atom is 0.314 e. The van der Waals surface area contributed by atoms with E-state index in [1.165, 1.54) is 12.1 Å². The molecule has 7 nitrogen and oxygen atoms in total. The number of carbonyl (C=O) groups is 2. The lowest BCUT2D eigenvalue weighted by Crippen LogP contribution is -2.30. The summed E-state index contributed by atoms with van der Waals surface area (Å²) in [6.07, 6.45) is 1.99. The third-order valence-electron chi connectivity index (χ3n) is 7.96. The molecule has 0 unspecified atom stereocenters. The summed E-state index contributed by atoms with van der Waals surface area (Å²) in [4.78, 5) is 25.7. The average Bonchev–Trinajstić information content (AvgIpc) is 3.07. The fourth-order valence-electron chi connectivity index (χ4n) is 5.37. The molecule has 1 aliphatic carbocycles. The number of ether oxygens (including phenoxy) is 5. The zero-order valence-corrected chi connectivity index (χ0v) is 27.5. The molecular weight excluding hydrogens is 674 g/mol. The third kappa shape index (κ3) is 9.47. The van der Waals surface area contributed by atoms with Gasteiger partial charge in [0.05, 0.1) is 31.7 Å². The van der Waals surface area contributed by atoms with Gasteiger partial charge in [-0.2, -0.15) is 0 Å². The molecule has 0 aromatic heterocycles. The van der Waals surface area contributed by atoms with E-state index in [-0.39, 0.29) is 29.6 Å². The van der Waals surface area contributed by atoms with E-state index in [0.717, 1.165) is 0 Å². The number of hydrogen-bond acceptors (Lipinski definition) is 7. The molecule has 5 rings (SSSR count). The van der Waals surface area contributed by atoms with Gasteiger partial charge in [-0.05, 0) is 85.3 Å². The van der Waals surface area contributed by atoms with Crippen molar-refractivity contribution in [2.24, 2.45) is 11.8 Å². The zero-order chi connectivity index (χ0) is 33.2. The van der Waals surface area contributed by atoms with Gasteiger partial charge >= 0.3 is 11.9 Å². The maximum atomic E-state index is 14.8. The fourth-order valence-corrected chi connectivity index (χ4v) is 5.71. The number of halogens is 3. The van der Waals surface area contributed by atoms with E-state index in [1.54, 1.807) is 79.9 Å². The van der Waals surface area contributed by atoms with Crippen LogP contribution in [0.5, 0.6) is 17.2 Å². The lowest BCUT2D eigenvalue weighted by atomic mass is 9.82. The van der Waals surface area contributed by atoms with Gasteiger partial charge in [-0.15, -0.1) is 0 Å². The summed E-state index contributed by atoms with van der Waals surface area (Å²) in [7, 11) is 1.60. The number of benzene rings is 4. The predicted octanol–water partition coefficient (Wildman–Crippen LogP) is 8.42. The standard InChI is InChI=1S/C37H35BrF2O7/c1-43-18-19-44-20-21-45-31-15-17-33(35(40)23-31)25-8-13-30(14-9-25)47-37(42)27-4-2-26(3-5-27)36(41)46-29-11-6-24(7-12-29)32-16-10-28(38)22-34(32)39/h6-17,22-23,26-27H,2-5,18-21H2,1H3/t26-,27-. The summed E-state index contributed by atoms with van der Waals surface area (Å²) in [5, 5.41) is 0. The van der Waals surface area contributed by atoms with E-state index in [2.05, 4.69) is 15.9 Å². The Hall–Kier alpha value is -4.12. The normalized spacial score (nSPS) is 16.0. The van der Waals surface area contributed by atoms with Crippen molar-refractivity contribution in [2.45, 2.75) is 25.7 Å². The number of esters is 2. The Morgan fingerprint density at radius 2 is 1.11 bits per heavy atom. The van der Waals surface area contributed by atoms with Crippen molar-refractivity contribution in [1.29, 1.82) is 0 Å². The zero-order valence-electron chi connectivity index (χ0n) is 25.9. The highest BCUT2D eigenvalue weighted by atomic mass is 79.9. The second kappa shape index (κ2) is 16.6. The van der Waals surface area contributed by atoms with Crippen molar-refractivity contribution in [3.05, 3.63) is 101 Å². The van der Waals surface area contributed by atoms with E-state index < -0.39 is 5.82 Å². The highest BCUT2D eigenvalue weighted by molar-refractivity contribution is 9.10. The van der Waals surface area contributed by atoms with Crippen LogP contribution in [0.4, 0.5) is 8.78 Å². The molecule has 1 aliphatic rings. The summed E-state index contributed by atoms with van der Waals surface area (Å²) >= 11 is 3.25. The van der Waals surface area contributed by atoms with Crippen LogP contribution in [0.15, 0.2) is 89.4 Å². The fraction of sp³-hybridized carbons (Fsp3) is 0.297. The van der Waals surface area contributed by atoms with E-state index >= 15 is 0 Å². The van der Waals surface area contributed by atoms with Gasteiger partial charge in [-0.25, -0.2) is 8.78 Å². The second-order valence-electron chi connectivity index (χ2n) is 11.2. The SMILES string of the molecule is COCCOCCOc1ccc(-c2ccc(OC(=O)[C@H]3CC[C@H](C(=O)Oc4ccc(-c5ccc(Br)cc5F)cc4)CC3)cc2)c(F)c1. The van der Waals surface area contributed by atoms with Crippen molar-refractivity contribution >= 4 is 27.9 Å². The summed E-state index contributed by atoms with van der Waals surface area (Å²) in [5.74, 6) is -1.03. The molecule has 0 bridgehead atoms. The predicted molar refractivity (Wildman–Crippen MR) is 176 cm³/mol. The minimum absolute atomic E-state index is 0.293. The highest BCUT2D eigenvalue weighted by Gasteiger charge is 2.32. The minimum Gasteiger partial charge on any atom is -0.491 e. The van der Waals surface area contributed by atoms with Crippen LogP contribution in [-0.4, -0.2) is 45.5 Å². The van der Waals surface area contributed by atoms with Crippen LogP contribution in [0.3, 0.4) is 0 Å². The third-order valence-corrected chi connectivity index (χ3v) is 8.45. The van der Waals surface area contributed by atoms with Crippen LogP contribution in [0.2, 0.25) is 0 Å².